The number of ether oxygens (including phenoxy) is 1. The Kier molecular flexibility index (Phi) is 5.25. The van der Waals surface area contributed by atoms with E-state index >= 15 is 0 Å². The van der Waals surface area contributed by atoms with Gasteiger partial charge in [0.2, 0.25) is 5.91 Å². The largest absolute Gasteiger partial charge is 0.493 e. The smallest absolute Gasteiger partial charge is 0.269 e. The number of benzene rings is 1. The maximum atomic E-state index is 11.6. The van der Waals surface area contributed by atoms with E-state index in [2.05, 4.69) is 32.0 Å². The summed E-state index contributed by atoms with van der Waals surface area (Å²) in [6, 6.07) is 6.13. The maximum absolute atomic E-state index is 11.6. The van der Waals surface area contributed by atoms with Gasteiger partial charge in [0.15, 0.2) is 0 Å². The Balaban J connectivity index is 1.63. The molecule has 0 radical (unpaired) electrons. The van der Waals surface area contributed by atoms with E-state index < -0.39 is 0 Å². The van der Waals surface area contributed by atoms with Gasteiger partial charge in [-0.25, -0.2) is 0 Å². The standard InChI is InChI=1S/C14H19N5O2/c1-10-6-7-11(2)12(9-10)21-8-4-3-5-13(20)15-14-16-18-19-17-14/h6-7,9H,3-5,8H2,1-2H3,(H2,15,16,17,18,19,20). The van der Waals surface area contributed by atoms with Gasteiger partial charge in [-0.05, 0) is 49.1 Å². The first-order valence-corrected chi connectivity index (χ1v) is 6.88. The van der Waals surface area contributed by atoms with Crippen LogP contribution >= 0.6 is 0 Å². The van der Waals surface area contributed by atoms with E-state index in [1.807, 2.05) is 26.0 Å². The molecule has 1 aromatic heterocycles. The van der Waals surface area contributed by atoms with Gasteiger partial charge in [-0.1, -0.05) is 17.2 Å². The molecule has 2 rings (SSSR count). The summed E-state index contributed by atoms with van der Waals surface area (Å²) in [5.41, 5.74) is 2.30. The minimum Gasteiger partial charge on any atom is -0.493 e. The van der Waals surface area contributed by atoms with Crippen molar-refractivity contribution in [1.82, 2.24) is 20.6 Å². The third-order valence-electron chi connectivity index (χ3n) is 3.00. The van der Waals surface area contributed by atoms with Gasteiger partial charge < -0.3 is 4.74 Å². The predicted molar refractivity (Wildman–Crippen MR) is 78.1 cm³/mol. The second kappa shape index (κ2) is 7.37. The molecule has 1 amide bonds. The van der Waals surface area contributed by atoms with Crippen LogP contribution in [-0.4, -0.2) is 33.1 Å². The van der Waals surface area contributed by atoms with E-state index in [-0.39, 0.29) is 11.9 Å². The molecule has 0 saturated heterocycles. The highest BCUT2D eigenvalue weighted by atomic mass is 16.5. The average molecular weight is 289 g/mol. The van der Waals surface area contributed by atoms with E-state index in [4.69, 9.17) is 4.74 Å². The van der Waals surface area contributed by atoms with Crippen molar-refractivity contribution in [2.24, 2.45) is 0 Å². The Morgan fingerprint density at radius 1 is 1.33 bits per heavy atom. The summed E-state index contributed by atoms with van der Waals surface area (Å²) in [6.07, 6.45) is 1.96. The van der Waals surface area contributed by atoms with Crippen molar-refractivity contribution in [2.45, 2.75) is 33.1 Å². The van der Waals surface area contributed by atoms with Crippen molar-refractivity contribution in [1.29, 1.82) is 0 Å². The summed E-state index contributed by atoms with van der Waals surface area (Å²) in [7, 11) is 0. The fourth-order valence-electron chi connectivity index (χ4n) is 1.83. The zero-order chi connectivity index (χ0) is 15.1. The number of aromatic nitrogens is 4. The number of hydrogen-bond donors (Lipinski definition) is 2. The van der Waals surface area contributed by atoms with Crippen LogP contribution in [0.3, 0.4) is 0 Å². The van der Waals surface area contributed by atoms with Crippen molar-refractivity contribution >= 4 is 11.9 Å². The van der Waals surface area contributed by atoms with Crippen LogP contribution in [0.25, 0.3) is 0 Å². The van der Waals surface area contributed by atoms with Crippen LogP contribution in [-0.2, 0) is 4.79 Å². The molecule has 0 bridgehead atoms. The Bertz CT molecular complexity index is 583. The normalized spacial score (nSPS) is 10.4. The molecule has 2 N–H and O–H groups in total. The summed E-state index contributed by atoms with van der Waals surface area (Å²) in [6.45, 7) is 4.65. The van der Waals surface area contributed by atoms with Crippen LogP contribution in [0.1, 0.15) is 30.4 Å². The Labute approximate surface area is 123 Å². The average Bonchev–Trinajstić information content (AvgIpc) is 2.95. The summed E-state index contributed by atoms with van der Waals surface area (Å²) in [5, 5.41) is 15.5. The number of nitrogens with zero attached hydrogens (tertiary/aromatic N) is 3. The molecule has 1 heterocycles. The van der Waals surface area contributed by atoms with E-state index in [1.165, 1.54) is 5.56 Å². The molecule has 7 nitrogen and oxygen atoms in total. The number of aryl methyl sites for hydroxylation is 2. The second-order valence-electron chi connectivity index (χ2n) is 4.86. The number of carbonyl (C=O) groups is 1. The number of hydrogen-bond acceptors (Lipinski definition) is 5. The molecule has 7 heteroatoms. The Morgan fingerprint density at radius 3 is 2.95 bits per heavy atom. The third kappa shape index (κ3) is 4.87. The number of unbranched alkanes of at least 4 members (excludes halogenated alkanes) is 1. The molecule has 112 valence electrons. The SMILES string of the molecule is Cc1ccc(C)c(OCCCCC(=O)Nc2nn[nH]n2)c1. The monoisotopic (exact) mass is 289 g/mol. The van der Waals surface area contributed by atoms with Crippen LogP contribution in [0, 0.1) is 13.8 Å². The zero-order valence-electron chi connectivity index (χ0n) is 12.2. The first-order chi connectivity index (χ1) is 10.1. The number of tetrazole rings is 1. The lowest BCUT2D eigenvalue weighted by Crippen LogP contribution is -2.12. The van der Waals surface area contributed by atoms with Gasteiger partial charge in [0.1, 0.15) is 5.75 Å². The van der Waals surface area contributed by atoms with Crippen molar-refractivity contribution < 1.29 is 9.53 Å². The summed E-state index contributed by atoms with van der Waals surface area (Å²) in [5.74, 6) is 0.987. The first-order valence-electron chi connectivity index (χ1n) is 6.88. The Hall–Kier alpha value is -2.44. The van der Waals surface area contributed by atoms with Crippen LogP contribution in [0.2, 0.25) is 0 Å². The summed E-state index contributed by atoms with van der Waals surface area (Å²) in [4.78, 5) is 11.6. The Morgan fingerprint density at radius 2 is 2.19 bits per heavy atom. The molecule has 0 saturated carbocycles. The molecule has 21 heavy (non-hydrogen) atoms. The van der Waals surface area contributed by atoms with E-state index in [0.717, 1.165) is 24.2 Å². The van der Waals surface area contributed by atoms with Crippen molar-refractivity contribution in [3.05, 3.63) is 29.3 Å². The van der Waals surface area contributed by atoms with Gasteiger partial charge in [-0.15, -0.1) is 5.10 Å². The second-order valence-corrected chi connectivity index (χ2v) is 4.86. The molecule has 0 fully saturated rings. The molecular weight excluding hydrogens is 270 g/mol. The number of anilines is 1. The van der Waals surface area contributed by atoms with Crippen molar-refractivity contribution in [3.8, 4) is 5.75 Å². The molecule has 1 aromatic carbocycles. The van der Waals surface area contributed by atoms with Crippen LogP contribution in [0.4, 0.5) is 5.95 Å². The van der Waals surface area contributed by atoms with Gasteiger partial charge in [0, 0.05) is 6.42 Å². The highest BCUT2D eigenvalue weighted by Gasteiger charge is 2.05. The van der Waals surface area contributed by atoms with Gasteiger partial charge >= 0.3 is 0 Å². The van der Waals surface area contributed by atoms with E-state index in [9.17, 15) is 4.79 Å². The number of H-pyrrole nitrogens is 1. The summed E-state index contributed by atoms with van der Waals surface area (Å²) < 4.78 is 5.73. The number of nitrogens with one attached hydrogen (secondary N) is 2. The third-order valence-corrected chi connectivity index (χ3v) is 3.00. The lowest BCUT2D eigenvalue weighted by atomic mass is 10.1. The van der Waals surface area contributed by atoms with Crippen molar-refractivity contribution in [2.75, 3.05) is 11.9 Å². The van der Waals surface area contributed by atoms with Crippen LogP contribution in [0.15, 0.2) is 18.2 Å². The molecule has 2 aromatic rings. The van der Waals surface area contributed by atoms with Crippen molar-refractivity contribution in [3.63, 3.8) is 0 Å². The number of aromatic amines is 1. The van der Waals surface area contributed by atoms with Gasteiger partial charge in [-0.2, -0.15) is 5.21 Å². The zero-order valence-corrected chi connectivity index (χ0v) is 12.2. The predicted octanol–water partition coefficient (Wildman–Crippen LogP) is 2.00. The molecule has 0 aliphatic rings. The van der Waals surface area contributed by atoms with E-state index in [1.54, 1.807) is 0 Å². The molecule has 0 aliphatic carbocycles. The minimum absolute atomic E-state index is 0.122. The maximum Gasteiger partial charge on any atom is 0.269 e. The fraction of sp³-hybridized carbons (Fsp3) is 0.429. The summed E-state index contributed by atoms with van der Waals surface area (Å²) >= 11 is 0. The van der Waals surface area contributed by atoms with Gasteiger partial charge in [0.05, 0.1) is 6.61 Å². The van der Waals surface area contributed by atoms with Crippen LogP contribution < -0.4 is 10.1 Å². The minimum atomic E-state index is -0.122. The lowest BCUT2D eigenvalue weighted by molar-refractivity contribution is -0.116. The fourth-order valence-corrected chi connectivity index (χ4v) is 1.83. The highest BCUT2D eigenvalue weighted by Crippen LogP contribution is 2.19. The molecule has 0 spiro atoms. The van der Waals surface area contributed by atoms with Crippen LogP contribution in [0.5, 0.6) is 5.75 Å². The number of rotatable bonds is 7. The quantitative estimate of drug-likeness (QED) is 0.760. The first kappa shape index (κ1) is 15.0. The number of carbonyl (C=O) groups excluding carboxylic acids is 1. The molecule has 0 aliphatic heterocycles. The topological polar surface area (TPSA) is 92.8 Å². The molecular formula is C14H19N5O2. The molecule has 0 unspecified atom stereocenters. The lowest BCUT2D eigenvalue weighted by Gasteiger charge is -2.09. The van der Waals surface area contributed by atoms with E-state index in [0.29, 0.717) is 13.0 Å². The molecule has 0 atom stereocenters. The van der Waals surface area contributed by atoms with Gasteiger partial charge in [-0.3, -0.25) is 10.1 Å². The van der Waals surface area contributed by atoms with Gasteiger partial charge in [0.25, 0.3) is 5.95 Å². The highest BCUT2D eigenvalue weighted by molar-refractivity contribution is 5.88. The number of amides is 1.